The van der Waals surface area contributed by atoms with E-state index in [1.54, 1.807) is 32.2 Å². The third-order valence-electron chi connectivity index (χ3n) is 3.95. The molecule has 0 saturated heterocycles. The molecule has 0 aromatic heterocycles. The molecule has 0 aliphatic carbocycles. The van der Waals surface area contributed by atoms with Crippen LogP contribution in [-0.2, 0) is 4.79 Å². The number of hydrogen-bond acceptors (Lipinski definition) is 4. The molecule has 0 spiro atoms. The molecule has 0 saturated carbocycles. The number of halogens is 1. The van der Waals surface area contributed by atoms with E-state index in [0.717, 1.165) is 0 Å². The third-order valence-corrected chi connectivity index (χ3v) is 3.95. The summed E-state index contributed by atoms with van der Waals surface area (Å²) in [6.07, 6.45) is 0. The number of hydrogen-bond donors (Lipinski definition) is 0. The van der Waals surface area contributed by atoms with Gasteiger partial charge in [0, 0.05) is 30.3 Å². The smallest absolute Gasteiger partial charge is 0.270 e. The maximum Gasteiger partial charge on any atom is 0.270 e. The average Bonchev–Trinajstić information content (AvgIpc) is 2.66. The molecule has 3 rings (SSSR count). The quantitative estimate of drug-likeness (QED) is 0.628. The summed E-state index contributed by atoms with van der Waals surface area (Å²) >= 11 is 0. The van der Waals surface area contributed by atoms with Gasteiger partial charge in [-0.2, -0.15) is 0 Å². The lowest BCUT2D eigenvalue weighted by Gasteiger charge is -2.19. The van der Waals surface area contributed by atoms with E-state index < -0.39 is 16.8 Å². The minimum atomic E-state index is -0.726. The average molecular weight is 327 g/mol. The number of carbonyl (C=O) groups is 1. The van der Waals surface area contributed by atoms with Crippen molar-refractivity contribution in [1.29, 1.82) is 0 Å². The number of carbonyl (C=O) groups excluding carboxylic acids is 1. The molecule has 0 unspecified atom stereocenters. The normalized spacial score (nSPS) is 17.1. The summed E-state index contributed by atoms with van der Waals surface area (Å²) in [5.74, 6) is -0.769. The summed E-state index contributed by atoms with van der Waals surface area (Å²) in [4.78, 5) is 28.7. The second-order valence-electron chi connectivity index (χ2n) is 5.49. The number of non-ortho nitro benzene ring substituents is 1. The number of benzene rings is 2. The molecule has 1 aliphatic heterocycles. The van der Waals surface area contributed by atoms with Gasteiger partial charge in [0.2, 0.25) is 0 Å². The van der Waals surface area contributed by atoms with Gasteiger partial charge in [-0.05, 0) is 25.1 Å². The Labute approximate surface area is 137 Å². The van der Waals surface area contributed by atoms with Crippen LogP contribution in [0.3, 0.4) is 0 Å². The van der Waals surface area contributed by atoms with Gasteiger partial charge in [0.05, 0.1) is 16.3 Å². The predicted octanol–water partition coefficient (Wildman–Crippen LogP) is 2.94. The fourth-order valence-electron chi connectivity index (χ4n) is 2.71. The summed E-state index contributed by atoms with van der Waals surface area (Å²) in [6, 6.07) is 9.43. The fourth-order valence-corrected chi connectivity index (χ4v) is 2.71. The Kier molecular flexibility index (Phi) is 3.84. The molecule has 0 fully saturated rings. The highest BCUT2D eigenvalue weighted by Crippen LogP contribution is 2.31. The third kappa shape index (κ3) is 2.54. The summed E-state index contributed by atoms with van der Waals surface area (Å²) in [5, 5.41) is 11.1. The molecule has 2 aromatic carbocycles. The SMILES string of the molecule is C[C@H]1N=C(c2ccccc2F)c2cc([N+](=O)[O-])ccc2N(C)C1=O. The highest BCUT2D eigenvalue weighted by Gasteiger charge is 2.29. The van der Waals surface area contributed by atoms with Gasteiger partial charge in [-0.1, -0.05) is 12.1 Å². The van der Waals surface area contributed by atoms with Gasteiger partial charge in [-0.3, -0.25) is 19.9 Å². The molecule has 0 radical (unpaired) electrons. The van der Waals surface area contributed by atoms with Gasteiger partial charge in [-0.15, -0.1) is 0 Å². The summed E-state index contributed by atoms with van der Waals surface area (Å²) in [5.41, 5.74) is 1.10. The van der Waals surface area contributed by atoms with Crippen LogP contribution in [0, 0.1) is 15.9 Å². The molecule has 7 heteroatoms. The second-order valence-corrected chi connectivity index (χ2v) is 5.49. The number of nitro benzene ring substituents is 1. The van der Waals surface area contributed by atoms with Crippen LogP contribution in [0.5, 0.6) is 0 Å². The molecule has 6 nitrogen and oxygen atoms in total. The number of fused-ring (bicyclic) bond motifs is 1. The van der Waals surface area contributed by atoms with Gasteiger partial charge in [-0.25, -0.2) is 4.39 Å². The van der Waals surface area contributed by atoms with Crippen molar-refractivity contribution in [1.82, 2.24) is 0 Å². The first-order chi connectivity index (χ1) is 11.4. The first kappa shape index (κ1) is 15.8. The van der Waals surface area contributed by atoms with E-state index in [1.807, 2.05) is 0 Å². The Morgan fingerprint density at radius 1 is 1.21 bits per heavy atom. The number of anilines is 1. The topological polar surface area (TPSA) is 75.8 Å². The molecular formula is C17H14FN3O3. The van der Waals surface area contributed by atoms with E-state index in [0.29, 0.717) is 11.3 Å². The van der Waals surface area contributed by atoms with E-state index in [-0.39, 0.29) is 22.9 Å². The van der Waals surface area contributed by atoms with Crippen molar-refractivity contribution in [2.45, 2.75) is 13.0 Å². The van der Waals surface area contributed by atoms with E-state index in [2.05, 4.69) is 4.99 Å². The molecule has 0 N–H and O–H groups in total. The number of nitrogens with zero attached hydrogens (tertiary/aromatic N) is 3. The Hall–Kier alpha value is -3.09. The van der Waals surface area contributed by atoms with Crippen LogP contribution in [-0.4, -0.2) is 29.6 Å². The standard InChI is InChI=1S/C17H14FN3O3/c1-10-17(22)20(2)15-8-7-11(21(23)24)9-13(15)16(19-10)12-5-3-4-6-14(12)18/h3-10H,1-2H3/t10-/m1/s1. The van der Waals surface area contributed by atoms with Crippen LogP contribution >= 0.6 is 0 Å². The van der Waals surface area contributed by atoms with Gasteiger partial charge in [0.1, 0.15) is 11.9 Å². The zero-order chi connectivity index (χ0) is 17.4. The highest BCUT2D eigenvalue weighted by atomic mass is 19.1. The number of aliphatic imine (C=N–C) groups is 1. The molecular weight excluding hydrogens is 313 g/mol. The maximum absolute atomic E-state index is 14.3. The van der Waals surface area contributed by atoms with Crippen LogP contribution in [0.1, 0.15) is 18.1 Å². The van der Waals surface area contributed by atoms with Gasteiger partial charge in [0.15, 0.2) is 0 Å². The van der Waals surface area contributed by atoms with Crippen molar-refractivity contribution in [3.05, 3.63) is 69.5 Å². The molecule has 1 aliphatic rings. The van der Waals surface area contributed by atoms with Crippen LogP contribution in [0.25, 0.3) is 0 Å². The first-order valence-corrected chi connectivity index (χ1v) is 7.29. The number of rotatable bonds is 2. The minimum Gasteiger partial charge on any atom is -0.313 e. The van der Waals surface area contributed by atoms with E-state index in [4.69, 9.17) is 0 Å². The van der Waals surface area contributed by atoms with E-state index in [9.17, 15) is 19.3 Å². The number of benzodiazepines with no additional fused rings is 1. The van der Waals surface area contributed by atoms with Crippen LogP contribution in [0.4, 0.5) is 15.8 Å². The largest absolute Gasteiger partial charge is 0.313 e. The van der Waals surface area contributed by atoms with Crippen LogP contribution < -0.4 is 4.90 Å². The lowest BCUT2D eigenvalue weighted by molar-refractivity contribution is -0.384. The molecule has 1 atom stereocenters. The number of nitro groups is 1. The molecule has 122 valence electrons. The molecule has 24 heavy (non-hydrogen) atoms. The lowest BCUT2D eigenvalue weighted by atomic mass is 9.99. The summed E-state index contributed by atoms with van der Waals surface area (Å²) < 4.78 is 14.3. The monoisotopic (exact) mass is 327 g/mol. The first-order valence-electron chi connectivity index (χ1n) is 7.29. The zero-order valence-corrected chi connectivity index (χ0v) is 13.1. The Bertz CT molecular complexity index is 879. The molecule has 1 heterocycles. The van der Waals surface area contributed by atoms with Crippen molar-refractivity contribution in [3.8, 4) is 0 Å². The lowest BCUT2D eigenvalue weighted by Crippen LogP contribution is -2.32. The number of likely N-dealkylation sites (N-methyl/N-ethyl adjacent to an activating group) is 1. The Morgan fingerprint density at radius 3 is 2.58 bits per heavy atom. The van der Waals surface area contributed by atoms with Crippen molar-refractivity contribution >= 4 is 23.0 Å². The van der Waals surface area contributed by atoms with E-state index in [1.165, 1.54) is 29.2 Å². The second kappa shape index (κ2) is 5.84. The summed E-state index contributed by atoms with van der Waals surface area (Å²) in [7, 11) is 1.57. The maximum atomic E-state index is 14.3. The number of amides is 1. The molecule has 2 aromatic rings. The van der Waals surface area contributed by atoms with Crippen molar-refractivity contribution in [2.24, 2.45) is 4.99 Å². The van der Waals surface area contributed by atoms with Crippen molar-refractivity contribution in [2.75, 3.05) is 11.9 Å². The van der Waals surface area contributed by atoms with Crippen molar-refractivity contribution in [3.63, 3.8) is 0 Å². The fraction of sp³-hybridized carbons (Fsp3) is 0.176. The minimum absolute atomic E-state index is 0.145. The van der Waals surface area contributed by atoms with Crippen molar-refractivity contribution < 1.29 is 14.1 Å². The van der Waals surface area contributed by atoms with Gasteiger partial charge in [0.25, 0.3) is 11.6 Å². The van der Waals surface area contributed by atoms with Crippen LogP contribution in [0.15, 0.2) is 47.5 Å². The van der Waals surface area contributed by atoms with Crippen LogP contribution in [0.2, 0.25) is 0 Å². The Morgan fingerprint density at radius 2 is 1.92 bits per heavy atom. The molecule has 0 bridgehead atoms. The predicted molar refractivity (Wildman–Crippen MR) is 88.0 cm³/mol. The van der Waals surface area contributed by atoms with Gasteiger partial charge < -0.3 is 4.90 Å². The highest BCUT2D eigenvalue weighted by molar-refractivity contribution is 6.20. The van der Waals surface area contributed by atoms with Gasteiger partial charge >= 0.3 is 0 Å². The molecule has 1 amide bonds. The Balaban J connectivity index is 2.32. The van der Waals surface area contributed by atoms with E-state index >= 15 is 0 Å². The zero-order valence-electron chi connectivity index (χ0n) is 13.1. The summed E-state index contributed by atoms with van der Waals surface area (Å²) in [6.45, 7) is 1.61.